The topological polar surface area (TPSA) is 35.5 Å². The Hall–Kier alpha value is -2.01. The molecule has 1 saturated heterocycles. The molecule has 26 heavy (non-hydrogen) atoms. The van der Waals surface area contributed by atoms with Crippen LogP contribution in [0.25, 0.3) is 0 Å². The molecular formula is C20H28ClN5. The third-order valence-corrected chi connectivity index (χ3v) is 5.04. The van der Waals surface area contributed by atoms with E-state index in [0.29, 0.717) is 0 Å². The number of halogens is 1. The van der Waals surface area contributed by atoms with Gasteiger partial charge in [-0.25, -0.2) is 4.98 Å². The highest BCUT2D eigenvalue weighted by molar-refractivity contribution is 6.30. The molecule has 5 nitrogen and oxygen atoms in total. The number of nitrogens with zero attached hydrogens (tertiary/aromatic N) is 5. The first-order valence-electron chi connectivity index (χ1n) is 9.39. The van der Waals surface area contributed by atoms with Gasteiger partial charge in [-0.1, -0.05) is 31.0 Å². The predicted molar refractivity (Wildman–Crippen MR) is 111 cm³/mol. The third-order valence-electron chi connectivity index (χ3n) is 4.80. The molecule has 2 heterocycles. The number of benzene rings is 1. The lowest BCUT2D eigenvalue weighted by molar-refractivity contribution is 0.638. The SMILES string of the molecule is CCCCN(C)c1cc(C)nc(N2CCN(c3cccc(Cl)c3)CC2)n1. The van der Waals surface area contributed by atoms with Crippen molar-refractivity contribution in [3.63, 3.8) is 0 Å². The number of aromatic nitrogens is 2. The quantitative estimate of drug-likeness (QED) is 0.764. The second-order valence-corrected chi connectivity index (χ2v) is 7.33. The fourth-order valence-electron chi connectivity index (χ4n) is 3.22. The second-order valence-electron chi connectivity index (χ2n) is 6.90. The van der Waals surface area contributed by atoms with E-state index in [2.05, 4.69) is 45.8 Å². The van der Waals surface area contributed by atoms with E-state index in [9.17, 15) is 0 Å². The summed E-state index contributed by atoms with van der Waals surface area (Å²) in [5.41, 5.74) is 2.20. The first-order valence-corrected chi connectivity index (χ1v) is 9.77. The van der Waals surface area contributed by atoms with E-state index in [1.807, 2.05) is 25.1 Å². The molecule has 1 aromatic carbocycles. The Bertz CT molecular complexity index is 728. The monoisotopic (exact) mass is 373 g/mol. The van der Waals surface area contributed by atoms with Gasteiger partial charge in [0.05, 0.1) is 0 Å². The molecular weight excluding hydrogens is 346 g/mol. The van der Waals surface area contributed by atoms with E-state index in [0.717, 1.165) is 55.2 Å². The minimum absolute atomic E-state index is 0.784. The maximum atomic E-state index is 6.13. The molecule has 0 amide bonds. The van der Waals surface area contributed by atoms with Crippen LogP contribution in [0.5, 0.6) is 0 Å². The Morgan fingerprint density at radius 1 is 1.08 bits per heavy atom. The van der Waals surface area contributed by atoms with Crippen LogP contribution in [0.4, 0.5) is 17.5 Å². The zero-order chi connectivity index (χ0) is 18.5. The van der Waals surface area contributed by atoms with Crippen molar-refractivity contribution >= 4 is 29.1 Å². The summed E-state index contributed by atoms with van der Waals surface area (Å²) in [5, 5.41) is 0.784. The van der Waals surface area contributed by atoms with Gasteiger partial charge in [0.25, 0.3) is 0 Å². The Labute approximate surface area is 161 Å². The van der Waals surface area contributed by atoms with Gasteiger partial charge in [-0.05, 0) is 31.5 Å². The number of aryl methyl sites for hydroxylation is 1. The van der Waals surface area contributed by atoms with E-state index in [1.54, 1.807) is 0 Å². The lowest BCUT2D eigenvalue weighted by atomic mass is 10.2. The highest BCUT2D eigenvalue weighted by Crippen LogP contribution is 2.23. The molecule has 1 aliphatic heterocycles. The van der Waals surface area contributed by atoms with Crippen molar-refractivity contribution in [2.75, 3.05) is 54.5 Å². The van der Waals surface area contributed by atoms with Crippen LogP contribution in [0.3, 0.4) is 0 Å². The zero-order valence-electron chi connectivity index (χ0n) is 16.0. The zero-order valence-corrected chi connectivity index (χ0v) is 16.7. The van der Waals surface area contributed by atoms with Gasteiger partial charge in [0.1, 0.15) is 5.82 Å². The molecule has 0 N–H and O–H groups in total. The second kappa shape index (κ2) is 8.58. The molecule has 0 saturated carbocycles. The normalized spacial score (nSPS) is 14.6. The van der Waals surface area contributed by atoms with E-state index in [4.69, 9.17) is 16.6 Å². The lowest BCUT2D eigenvalue weighted by Crippen LogP contribution is -2.47. The van der Waals surface area contributed by atoms with Crippen LogP contribution in [-0.2, 0) is 0 Å². The van der Waals surface area contributed by atoms with Gasteiger partial charge >= 0.3 is 0 Å². The Morgan fingerprint density at radius 2 is 1.81 bits per heavy atom. The molecule has 0 aliphatic carbocycles. The highest BCUT2D eigenvalue weighted by atomic mass is 35.5. The van der Waals surface area contributed by atoms with Crippen LogP contribution in [0.2, 0.25) is 5.02 Å². The number of rotatable bonds is 6. The molecule has 6 heteroatoms. The Morgan fingerprint density at radius 3 is 2.50 bits per heavy atom. The summed E-state index contributed by atoms with van der Waals surface area (Å²) < 4.78 is 0. The fourth-order valence-corrected chi connectivity index (χ4v) is 3.41. The molecule has 2 aromatic rings. The third kappa shape index (κ3) is 4.58. The first kappa shape index (κ1) is 18.8. The van der Waals surface area contributed by atoms with Crippen LogP contribution >= 0.6 is 11.6 Å². The molecule has 0 spiro atoms. The van der Waals surface area contributed by atoms with E-state index in [-0.39, 0.29) is 0 Å². The Kier molecular flexibility index (Phi) is 6.20. The molecule has 1 aromatic heterocycles. The highest BCUT2D eigenvalue weighted by Gasteiger charge is 2.20. The maximum absolute atomic E-state index is 6.13. The van der Waals surface area contributed by atoms with E-state index in [1.165, 1.54) is 18.5 Å². The number of anilines is 3. The average Bonchev–Trinajstić information content (AvgIpc) is 2.65. The van der Waals surface area contributed by atoms with Crippen LogP contribution in [0.1, 0.15) is 25.5 Å². The molecule has 0 unspecified atom stereocenters. The number of piperazine rings is 1. The van der Waals surface area contributed by atoms with Crippen molar-refractivity contribution in [1.29, 1.82) is 0 Å². The van der Waals surface area contributed by atoms with Gasteiger partial charge in [-0.2, -0.15) is 4.98 Å². The van der Waals surface area contributed by atoms with E-state index >= 15 is 0 Å². The van der Waals surface area contributed by atoms with Crippen molar-refractivity contribution < 1.29 is 0 Å². The van der Waals surface area contributed by atoms with Crippen molar-refractivity contribution in [2.45, 2.75) is 26.7 Å². The molecule has 1 aliphatic rings. The largest absolute Gasteiger partial charge is 0.368 e. The smallest absolute Gasteiger partial charge is 0.227 e. The fraction of sp³-hybridized carbons (Fsp3) is 0.500. The summed E-state index contributed by atoms with van der Waals surface area (Å²) in [5.74, 6) is 1.85. The van der Waals surface area contributed by atoms with Crippen LogP contribution in [0, 0.1) is 6.92 Å². The molecule has 0 atom stereocenters. The van der Waals surface area contributed by atoms with Gasteiger partial charge in [0.2, 0.25) is 5.95 Å². The van der Waals surface area contributed by atoms with Gasteiger partial charge in [0.15, 0.2) is 0 Å². The summed E-state index contributed by atoms with van der Waals surface area (Å²) in [4.78, 5) is 16.4. The summed E-state index contributed by atoms with van der Waals surface area (Å²) in [6.07, 6.45) is 2.36. The number of hydrogen-bond acceptors (Lipinski definition) is 5. The summed E-state index contributed by atoms with van der Waals surface area (Å²) in [6.45, 7) is 8.99. The summed E-state index contributed by atoms with van der Waals surface area (Å²) in [7, 11) is 2.11. The van der Waals surface area contributed by atoms with Crippen LogP contribution < -0.4 is 14.7 Å². The van der Waals surface area contributed by atoms with Gasteiger partial charge in [-0.3, -0.25) is 0 Å². The molecule has 0 radical (unpaired) electrons. The number of unbranched alkanes of at least 4 members (excludes halogenated alkanes) is 1. The molecule has 140 valence electrons. The van der Waals surface area contributed by atoms with Crippen molar-refractivity contribution in [3.8, 4) is 0 Å². The maximum Gasteiger partial charge on any atom is 0.227 e. The Balaban J connectivity index is 1.68. The van der Waals surface area contributed by atoms with E-state index < -0.39 is 0 Å². The van der Waals surface area contributed by atoms with Crippen molar-refractivity contribution in [3.05, 3.63) is 41.0 Å². The molecule has 0 bridgehead atoms. The van der Waals surface area contributed by atoms with Gasteiger partial charge < -0.3 is 14.7 Å². The summed E-state index contributed by atoms with van der Waals surface area (Å²) in [6, 6.07) is 10.1. The van der Waals surface area contributed by atoms with Crippen molar-refractivity contribution in [2.24, 2.45) is 0 Å². The van der Waals surface area contributed by atoms with Gasteiger partial charge in [0, 0.05) is 62.2 Å². The lowest BCUT2D eigenvalue weighted by Gasteiger charge is -2.36. The predicted octanol–water partition coefficient (Wildman–Crippen LogP) is 4.00. The van der Waals surface area contributed by atoms with Crippen LogP contribution in [-0.4, -0.2) is 49.7 Å². The minimum Gasteiger partial charge on any atom is -0.368 e. The van der Waals surface area contributed by atoms with Gasteiger partial charge in [-0.15, -0.1) is 0 Å². The van der Waals surface area contributed by atoms with Crippen LogP contribution in [0.15, 0.2) is 30.3 Å². The number of hydrogen-bond donors (Lipinski definition) is 0. The molecule has 3 rings (SSSR count). The molecule has 1 fully saturated rings. The summed E-state index contributed by atoms with van der Waals surface area (Å²) >= 11 is 6.13. The average molecular weight is 374 g/mol. The first-order chi connectivity index (χ1) is 12.6. The standard InChI is InChI=1S/C20H28ClN5/c1-4-5-9-24(3)19-14-16(2)22-20(23-19)26-12-10-25(11-13-26)18-8-6-7-17(21)15-18/h6-8,14-15H,4-5,9-13H2,1-3H3. The minimum atomic E-state index is 0.784. The van der Waals surface area contributed by atoms with Crippen molar-refractivity contribution in [1.82, 2.24) is 9.97 Å².